The van der Waals surface area contributed by atoms with Crippen molar-refractivity contribution in [3.05, 3.63) is 81.6 Å². The van der Waals surface area contributed by atoms with Crippen LogP contribution in [0.4, 0.5) is 15.2 Å². The Bertz CT molecular complexity index is 1820. The number of amides is 1. The Kier molecular flexibility index (Phi) is 7.07. The lowest BCUT2D eigenvalue weighted by Gasteiger charge is -2.36. The van der Waals surface area contributed by atoms with Crippen molar-refractivity contribution >= 4 is 45.4 Å². The SMILES string of the molecule is CCN1CCN(c2ccc(-c3cc(F)c4c(c3)C(=O)C3(C4)CC3C(C(=O)Nc3nccs3)c3ncn4c3CCC4)cc2Cl)CC1. The Morgan fingerprint density at radius 3 is 2.76 bits per heavy atom. The standard InChI is InChI=1S/C34H34ClFN6O2S/c1-2-40-9-11-41(12-10-40)27-6-5-20(15-25(27)35)21-14-22-23(26(36)16-21)17-34(31(22)43)18-24(34)29(32(44)39-33-37-7-13-45-33)30-28-4-3-8-42(28)19-38-30/h5-7,13-16,19,24,29H,2-4,8-12,17-18H2,1H3,(H,37,39,44). The summed E-state index contributed by atoms with van der Waals surface area (Å²) in [5, 5.41) is 5.90. The molecule has 0 radical (unpaired) electrons. The molecule has 11 heteroatoms. The number of ketones is 1. The van der Waals surface area contributed by atoms with Crippen LogP contribution in [0.15, 0.2) is 48.2 Å². The number of carbonyl (C=O) groups excluding carboxylic acids is 2. The molecule has 1 saturated carbocycles. The van der Waals surface area contributed by atoms with E-state index in [4.69, 9.17) is 11.6 Å². The normalized spacial score (nSPS) is 23.0. The molecule has 8 rings (SSSR count). The summed E-state index contributed by atoms with van der Waals surface area (Å²) in [4.78, 5) is 41.6. The minimum absolute atomic E-state index is 0.0809. The van der Waals surface area contributed by atoms with Crippen LogP contribution in [0, 0.1) is 17.2 Å². The van der Waals surface area contributed by atoms with Gasteiger partial charge in [-0.15, -0.1) is 11.3 Å². The van der Waals surface area contributed by atoms with Gasteiger partial charge < -0.3 is 19.7 Å². The van der Waals surface area contributed by atoms with Crippen LogP contribution in [0.5, 0.6) is 0 Å². The highest BCUT2D eigenvalue weighted by Crippen LogP contribution is 2.66. The Morgan fingerprint density at radius 1 is 1.16 bits per heavy atom. The van der Waals surface area contributed by atoms with Gasteiger partial charge in [-0.05, 0) is 79.1 Å². The third-order valence-corrected chi connectivity index (χ3v) is 11.4. The maximum Gasteiger partial charge on any atom is 0.235 e. The van der Waals surface area contributed by atoms with E-state index in [2.05, 4.69) is 36.6 Å². The first-order valence-electron chi connectivity index (χ1n) is 15.7. The van der Waals surface area contributed by atoms with Gasteiger partial charge >= 0.3 is 0 Å². The maximum atomic E-state index is 15.8. The summed E-state index contributed by atoms with van der Waals surface area (Å²) < 4.78 is 17.9. The molecular formula is C34H34ClFN6O2S. The zero-order chi connectivity index (χ0) is 30.9. The third-order valence-electron chi connectivity index (χ3n) is 10.4. The maximum absolute atomic E-state index is 15.8. The van der Waals surface area contributed by atoms with Crippen molar-refractivity contribution in [3.63, 3.8) is 0 Å². The number of hydrogen-bond acceptors (Lipinski definition) is 7. The summed E-state index contributed by atoms with van der Waals surface area (Å²) in [6, 6.07) is 9.16. The average Bonchev–Trinajstić information content (AvgIpc) is 3.54. The van der Waals surface area contributed by atoms with Crippen LogP contribution in [0.3, 0.4) is 0 Å². The van der Waals surface area contributed by atoms with Crippen LogP contribution in [-0.4, -0.2) is 63.8 Å². The molecule has 4 aromatic rings. The van der Waals surface area contributed by atoms with Crippen molar-refractivity contribution in [2.24, 2.45) is 11.3 Å². The Morgan fingerprint density at radius 2 is 2.00 bits per heavy atom. The van der Waals surface area contributed by atoms with Crippen molar-refractivity contribution in [1.82, 2.24) is 19.4 Å². The Balaban J connectivity index is 1.08. The van der Waals surface area contributed by atoms with Crippen molar-refractivity contribution in [2.45, 2.75) is 45.1 Å². The van der Waals surface area contributed by atoms with Gasteiger partial charge in [-0.3, -0.25) is 9.59 Å². The lowest BCUT2D eigenvalue weighted by Crippen LogP contribution is -2.46. The van der Waals surface area contributed by atoms with E-state index in [-0.39, 0.29) is 23.4 Å². The minimum atomic E-state index is -0.816. The summed E-state index contributed by atoms with van der Waals surface area (Å²) >= 11 is 8.13. The zero-order valence-electron chi connectivity index (χ0n) is 25.1. The molecule has 45 heavy (non-hydrogen) atoms. The fourth-order valence-corrected chi connectivity index (χ4v) is 8.69. The second kappa shape index (κ2) is 11.0. The Hall–Kier alpha value is -3.60. The largest absolute Gasteiger partial charge is 0.368 e. The number of nitrogens with zero attached hydrogens (tertiary/aromatic N) is 5. The van der Waals surface area contributed by atoms with Gasteiger partial charge in [0.05, 0.1) is 28.6 Å². The molecular weight excluding hydrogens is 611 g/mol. The smallest absolute Gasteiger partial charge is 0.235 e. The molecule has 3 unspecified atom stereocenters. The summed E-state index contributed by atoms with van der Waals surface area (Å²) in [6.45, 7) is 7.88. The van der Waals surface area contributed by atoms with Gasteiger partial charge in [-0.25, -0.2) is 14.4 Å². The predicted molar refractivity (Wildman–Crippen MR) is 174 cm³/mol. The number of aryl methyl sites for hydroxylation is 1. The number of hydrogen-bond donors (Lipinski definition) is 1. The highest BCUT2D eigenvalue weighted by Gasteiger charge is 2.67. The molecule has 8 nitrogen and oxygen atoms in total. The molecule has 1 amide bonds. The van der Waals surface area contributed by atoms with Crippen LogP contribution in [0.2, 0.25) is 5.02 Å². The number of Topliss-reactive ketones (excluding diaryl/α,β-unsaturated/α-hetero) is 1. The van der Waals surface area contributed by atoms with Crippen molar-refractivity contribution < 1.29 is 14.0 Å². The third kappa shape index (κ3) is 4.80. The van der Waals surface area contributed by atoms with E-state index in [1.54, 1.807) is 12.5 Å². The van der Waals surface area contributed by atoms with Crippen LogP contribution in [-0.2, 0) is 24.2 Å². The number of aromatic nitrogens is 3. The molecule has 2 aromatic carbocycles. The van der Waals surface area contributed by atoms with Crippen LogP contribution in [0.25, 0.3) is 11.1 Å². The van der Waals surface area contributed by atoms with Gasteiger partial charge in [0.2, 0.25) is 5.91 Å². The number of benzene rings is 2. The van der Waals surface area contributed by atoms with Gasteiger partial charge in [0, 0.05) is 61.0 Å². The van der Waals surface area contributed by atoms with Gasteiger partial charge in [0.1, 0.15) is 5.82 Å². The van der Waals surface area contributed by atoms with Gasteiger partial charge in [-0.2, -0.15) is 0 Å². The van der Waals surface area contributed by atoms with Gasteiger partial charge in [0.25, 0.3) is 0 Å². The molecule has 1 spiro atoms. The van der Waals surface area contributed by atoms with Gasteiger partial charge in [0.15, 0.2) is 10.9 Å². The predicted octanol–water partition coefficient (Wildman–Crippen LogP) is 6.05. The number of halogens is 2. The highest BCUT2D eigenvalue weighted by molar-refractivity contribution is 7.13. The number of likely N-dealkylation sites (N-methyl/N-ethyl adjacent to an activating group) is 1. The number of nitrogens with one attached hydrogen (secondary N) is 1. The number of piperazine rings is 1. The summed E-state index contributed by atoms with van der Waals surface area (Å²) in [5.74, 6) is -1.57. The number of thiazole rings is 1. The second-order valence-corrected chi connectivity index (χ2v) is 14.0. The molecule has 2 aliphatic carbocycles. The molecule has 4 aliphatic rings. The summed E-state index contributed by atoms with van der Waals surface area (Å²) in [5.41, 5.74) is 4.20. The summed E-state index contributed by atoms with van der Waals surface area (Å²) in [6.07, 6.45) is 6.10. The lowest BCUT2D eigenvalue weighted by atomic mass is 9.87. The molecule has 2 aromatic heterocycles. The summed E-state index contributed by atoms with van der Waals surface area (Å²) in [7, 11) is 0. The number of anilines is 2. The number of rotatable bonds is 7. The Labute approximate surface area is 270 Å². The van der Waals surface area contributed by atoms with Crippen molar-refractivity contribution in [1.29, 1.82) is 0 Å². The molecule has 1 N–H and O–H groups in total. The van der Waals surface area contributed by atoms with E-state index in [9.17, 15) is 9.59 Å². The van der Waals surface area contributed by atoms with Crippen LogP contribution >= 0.6 is 22.9 Å². The topological polar surface area (TPSA) is 83.4 Å². The molecule has 3 atom stereocenters. The number of imidazole rings is 1. The van der Waals surface area contributed by atoms with Crippen molar-refractivity contribution in [3.8, 4) is 11.1 Å². The average molecular weight is 645 g/mol. The number of fused-ring (bicyclic) bond motifs is 2. The van der Waals surface area contributed by atoms with E-state index in [0.29, 0.717) is 39.7 Å². The van der Waals surface area contributed by atoms with E-state index >= 15 is 4.39 Å². The fraction of sp³-hybridized carbons (Fsp3) is 0.412. The first kappa shape index (κ1) is 28.8. The second-order valence-electron chi connectivity index (χ2n) is 12.7. The van der Waals surface area contributed by atoms with E-state index < -0.39 is 11.3 Å². The molecule has 4 heterocycles. The zero-order valence-corrected chi connectivity index (χ0v) is 26.6. The number of carbonyl (C=O) groups is 2. The fourth-order valence-electron chi connectivity index (χ4n) is 7.86. The highest BCUT2D eigenvalue weighted by atomic mass is 35.5. The van der Waals surface area contributed by atoms with Crippen LogP contribution in [0.1, 0.15) is 53.0 Å². The molecule has 2 aliphatic heterocycles. The molecule has 1 saturated heterocycles. The first-order chi connectivity index (χ1) is 21.9. The molecule has 232 valence electrons. The van der Waals surface area contributed by atoms with Crippen LogP contribution < -0.4 is 10.2 Å². The van der Waals surface area contributed by atoms with Gasteiger partial charge in [-0.1, -0.05) is 24.6 Å². The quantitative estimate of drug-likeness (QED) is 0.264. The van der Waals surface area contributed by atoms with E-state index in [1.165, 1.54) is 17.4 Å². The van der Waals surface area contributed by atoms with E-state index in [0.717, 1.165) is 74.7 Å². The monoisotopic (exact) mass is 644 g/mol. The van der Waals surface area contributed by atoms with Crippen molar-refractivity contribution in [2.75, 3.05) is 42.9 Å². The molecule has 0 bridgehead atoms. The minimum Gasteiger partial charge on any atom is -0.368 e. The lowest BCUT2D eigenvalue weighted by molar-refractivity contribution is -0.118. The first-order valence-corrected chi connectivity index (χ1v) is 17.0. The molecule has 2 fully saturated rings. The van der Waals surface area contributed by atoms with E-state index in [1.807, 2.05) is 29.6 Å².